The first kappa shape index (κ1) is 24.0. The minimum atomic E-state index is -5.03. The van der Waals surface area contributed by atoms with Crippen LogP contribution < -0.4 is 27.2 Å². The molecule has 0 radical (unpaired) electrons. The first-order valence-electron chi connectivity index (χ1n) is 8.80. The summed E-state index contributed by atoms with van der Waals surface area (Å²) in [6, 6.07) is 0.268. The zero-order chi connectivity index (χ0) is 21.6. The number of hydrogen-bond acceptors (Lipinski definition) is 5. The van der Waals surface area contributed by atoms with Crippen LogP contribution >= 0.6 is 12.4 Å². The smallest absolute Gasteiger partial charge is 0.376 e. The second-order valence-corrected chi connectivity index (χ2v) is 7.03. The van der Waals surface area contributed by atoms with Crippen LogP contribution in [0.2, 0.25) is 0 Å². The number of benzene rings is 1. The van der Waals surface area contributed by atoms with E-state index in [-0.39, 0.29) is 41.9 Å². The fourth-order valence-corrected chi connectivity index (χ4v) is 3.34. The number of nitrogens with two attached hydrogens (primary N) is 1. The standard InChI is InChI=1S/C18H17F6N3O2.ClH/c19-17(20,21)8-5-9(18(22,23)24)7-10(6-8)26-13-14(16(29)15(13)28)27-12-4-2-1-3-11(12)25;/h5-7,11-12,26-27H,1-4,25H2;1H/t11-,12-;/m1./s1. The Morgan fingerprint density at radius 3 is 1.83 bits per heavy atom. The van der Waals surface area contributed by atoms with Gasteiger partial charge < -0.3 is 16.4 Å². The lowest BCUT2D eigenvalue weighted by molar-refractivity contribution is -0.143. The van der Waals surface area contributed by atoms with Gasteiger partial charge in [-0.15, -0.1) is 12.4 Å². The molecule has 0 unspecified atom stereocenters. The highest BCUT2D eigenvalue weighted by Crippen LogP contribution is 2.38. The highest BCUT2D eigenvalue weighted by Gasteiger charge is 2.37. The average molecular weight is 458 g/mol. The number of alkyl halides is 6. The quantitative estimate of drug-likeness (QED) is 0.474. The van der Waals surface area contributed by atoms with Crippen LogP contribution in [0.25, 0.3) is 0 Å². The Balaban J connectivity index is 0.00000320. The predicted molar refractivity (Wildman–Crippen MR) is 102 cm³/mol. The van der Waals surface area contributed by atoms with E-state index in [2.05, 4.69) is 10.6 Å². The molecule has 0 aliphatic heterocycles. The molecule has 0 spiro atoms. The third-order valence-corrected chi connectivity index (χ3v) is 4.92. The van der Waals surface area contributed by atoms with Crippen molar-refractivity contribution in [3.05, 3.63) is 49.8 Å². The zero-order valence-electron chi connectivity index (χ0n) is 15.3. The van der Waals surface area contributed by atoms with Crippen molar-refractivity contribution < 1.29 is 26.3 Å². The van der Waals surface area contributed by atoms with Crippen LogP contribution in [0.5, 0.6) is 0 Å². The van der Waals surface area contributed by atoms with Crippen molar-refractivity contribution in [2.45, 2.75) is 50.1 Å². The molecule has 0 heterocycles. The summed E-state index contributed by atoms with van der Waals surface area (Å²) in [4.78, 5) is 23.8. The van der Waals surface area contributed by atoms with Gasteiger partial charge in [-0.3, -0.25) is 9.59 Å². The molecule has 5 nitrogen and oxygen atoms in total. The Morgan fingerprint density at radius 1 is 0.833 bits per heavy atom. The van der Waals surface area contributed by atoms with Gasteiger partial charge in [-0.1, -0.05) is 12.8 Å². The Bertz CT molecular complexity index is 950. The van der Waals surface area contributed by atoms with Gasteiger partial charge in [0, 0.05) is 17.8 Å². The third kappa shape index (κ3) is 4.89. The summed E-state index contributed by atoms with van der Waals surface area (Å²) < 4.78 is 77.9. The Kier molecular flexibility index (Phi) is 6.77. The van der Waals surface area contributed by atoms with Crippen molar-refractivity contribution >= 4 is 29.5 Å². The van der Waals surface area contributed by atoms with Gasteiger partial charge in [0.25, 0.3) is 10.9 Å². The molecular formula is C18H18ClF6N3O2. The van der Waals surface area contributed by atoms with Gasteiger partial charge in [0.05, 0.1) is 11.1 Å². The Labute approximate surface area is 172 Å². The number of anilines is 3. The molecular weight excluding hydrogens is 440 g/mol. The predicted octanol–water partition coefficient (Wildman–Crippen LogP) is 4.17. The van der Waals surface area contributed by atoms with Crippen LogP contribution in [0.1, 0.15) is 36.8 Å². The summed E-state index contributed by atoms with van der Waals surface area (Å²) in [6.45, 7) is 0. The highest BCUT2D eigenvalue weighted by molar-refractivity contribution is 5.85. The largest absolute Gasteiger partial charge is 0.416 e. The summed E-state index contributed by atoms with van der Waals surface area (Å²) in [6.07, 6.45) is -6.99. The van der Waals surface area contributed by atoms with Crippen molar-refractivity contribution in [2.24, 2.45) is 5.73 Å². The number of hydrogen-bond donors (Lipinski definition) is 3. The molecule has 1 aliphatic carbocycles. The number of rotatable bonds is 4. The maximum Gasteiger partial charge on any atom is 0.416 e. The molecule has 0 amide bonds. The van der Waals surface area contributed by atoms with Gasteiger partial charge in [-0.2, -0.15) is 26.3 Å². The first-order valence-corrected chi connectivity index (χ1v) is 8.80. The summed E-state index contributed by atoms with van der Waals surface area (Å²) in [5, 5.41) is 5.07. The second-order valence-electron chi connectivity index (χ2n) is 7.03. The minimum absolute atomic E-state index is 0. The van der Waals surface area contributed by atoms with Gasteiger partial charge in [-0.25, -0.2) is 0 Å². The summed E-state index contributed by atoms with van der Waals surface area (Å²) >= 11 is 0. The molecule has 166 valence electrons. The molecule has 30 heavy (non-hydrogen) atoms. The third-order valence-electron chi connectivity index (χ3n) is 4.92. The Hall–Kier alpha value is -2.27. The van der Waals surface area contributed by atoms with Crippen LogP contribution in [0, 0.1) is 0 Å². The van der Waals surface area contributed by atoms with E-state index in [1.54, 1.807) is 0 Å². The molecule has 1 aliphatic rings. The summed E-state index contributed by atoms with van der Waals surface area (Å²) in [5.74, 6) is 0. The SMILES string of the molecule is Cl.N[C@@H]1CCCC[C@H]1Nc1c(Nc2cc(C(F)(F)F)cc(C(F)(F)F)c2)c(=O)c1=O. The molecule has 2 aromatic carbocycles. The van der Waals surface area contributed by atoms with Gasteiger partial charge in [0.2, 0.25) is 0 Å². The van der Waals surface area contributed by atoms with E-state index in [9.17, 15) is 35.9 Å². The lowest BCUT2D eigenvalue weighted by Gasteiger charge is -2.31. The van der Waals surface area contributed by atoms with E-state index in [4.69, 9.17) is 5.73 Å². The maximum absolute atomic E-state index is 13.0. The van der Waals surface area contributed by atoms with Gasteiger partial charge >= 0.3 is 12.4 Å². The van der Waals surface area contributed by atoms with Gasteiger partial charge in [-0.05, 0) is 31.0 Å². The van der Waals surface area contributed by atoms with Crippen molar-refractivity contribution in [2.75, 3.05) is 10.6 Å². The fraction of sp³-hybridized carbons (Fsp3) is 0.444. The summed E-state index contributed by atoms with van der Waals surface area (Å²) in [5.41, 5.74) is -0.167. The highest BCUT2D eigenvalue weighted by atomic mass is 35.5. The van der Waals surface area contributed by atoms with E-state index < -0.39 is 40.0 Å². The molecule has 1 saturated carbocycles. The van der Waals surface area contributed by atoms with Crippen LogP contribution in [0.15, 0.2) is 27.8 Å². The monoisotopic (exact) mass is 457 g/mol. The van der Waals surface area contributed by atoms with Crippen LogP contribution in [-0.4, -0.2) is 12.1 Å². The minimum Gasteiger partial charge on any atom is -0.376 e. The second kappa shape index (κ2) is 8.46. The van der Waals surface area contributed by atoms with Crippen LogP contribution in [0.3, 0.4) is 0 Å². The lowest BCUT2D eigenvalue weighted by Crippen LogP contribution is -2.46. The van der Waals surface area contributed by atoms with E-state index in [1.807, 2.05) is 0 Å². The number of nitrogens with one attached hydrogen (secondary N) is 2. The average Bonchev–Trinajstić information content (AvgIpc) is 2.64. The molecule has 0 saturated heterocycles. The molecule has 2 atom stereocenters. The molecule has 0 aromatic heterocycles. The molecule has 3 rings (SSSR count). The van der Waals surface area contributed by atoms with Crippen molar-refractivity contribution in [1.29, 1.82) is 0 Å². The van der Waals surface area contributed by atoms with Crippen molar-refractivity contribution in [3.63, 3.8) is 0 Å². The van der Waals surface area contributed by atoms with Crippen molar-refractivity contribution in [1.82, 2.24) is 0 Å². The summed E-state index contributed by atoms with van der Waals surface area (Å²) in [7, 11) is 0. The molecule has 0 bridgehead atoms. The van der Waals surface area contributed by atoms with Gasteiger partial charge in [0.1, 0.15) is 11.4 Å². The van der Waals surface area contributed by atoms with E-state index >= 15 is 0 Å². The first-order chi connectivity index (χ1) is 13.4. The molecule has 2 aromatic rings. The Morgan fingerprint density at radius 2 is 1.33 bits per heavy atom. The molecule has 12 heteroatoms. The lowest BCUT2D eigenvalue weighted by atomic mass is 9.90. The van der Waals surface area contributed by atoms with Gasteiger partial charge in [0.15, 0.2) is 0 Å². The number of halogens is 7. The topological polar surface area (TPSA) is 84.2 Å². The maximum atomic E-state index is 13.0. The van der Waals surface area contributed by atoms with E-state index in [0.29, 0.717) is 25.0 Å². The van der Waals surface area contributed by atoms with Crippen molar-refractivity contribution in [3.8, 4) is 0 Å². The fourth-order valence-electron chi connectivity index (χ4n) is 3.34. The normalized spacial score (nSPS) is 20.0. The molecule has 1 fully saturated rings. The van der Waals surface area contributed by atoms with Crippen LogP contribution in [-0.2, 0) is 12.4 Å². The molecule has 4 N–H and O–H groups in total. The van der Waals surface area contributed by atoms with E-state index in [0.717, 1.165) is 12.8 Å². The van der Waals surface area contributed by atoms with Crippen LogP contribution in [0.4, 0.5) is 43.4 Å². The zero-order valence-corrected chi connectivity index (χ0v) is 16.1. The van der Waals surface area contributed by atoms with E-state index in [1.165, 1.54) is 0 Å².